The predicted molar refractivity (Wildman–Crippen MR) is 69.0 cm³/mol. The molecule has 1 saturated carbocycles. The van der Waals surface area contributed by atoms with Crippen LogP contribution in [-0.4, -0.2) is 54.6 Å². The molecule has 0 aromatic rings. The van der Waals surface area contributed by atoms with Crippen molar-refractivity contribution >= 4 is 6.03 Å². The molecule has 2 amide bonds. The molecular formula is C13H25N3O. The summed E-state index contributed by atoms with van der Waals surface area (Å²) in [5.74, 6) is 0.735. The molecule has 1 N–H and O–H groups in total. The Morgan fingerprint density at radius 2 is 2.06 bits per heavy atom. The van der Waals surface area contributed by atoms with Gasteiger partial charge in [-0.25, -0.2) is 4.79 Å². The lowest BCUT2D eigenvalue weighted by Gasteiger charge is -2.36. The van der Waals surface area contributed by atoms with Crippen LogP contribution in [0.2, 0.25) is 0 Å². The van der Waals surface area contributed by atoms with Gasteiger partial charge < -0.3 is 15.1 Å². The first-order valence-electron chi connectivity index (χ1n) is 6.66. The lowest BCUT2D eigenvalue weighted by atomic mass is 9.79. The number of rotatable bonds is 4. The average molecular weight is 239 g/mol. The van der Waals surface area contributed by atoms with Gasteiger partial charge in [-0.3, -0.25) is 0 Å². The summed E-state index contributed by atoms with van der Waals surface area (Å²) in [6.07, 6.45) is 3.92. The molecule has 2 rings (SSSR count). The second kappa shape index (κ2) is 4.48. The lowest BCUT2D eigenvalue weighted by Crippen LogP contribution is -2.51. The minimum atomic E-state index is -0.0986. The Kier molecular flexibility index (Phi) is 3.34. The number of hydrogen-bond acceptors (Lipinski definition) is 2. The zero-order valence-electron chi connectivity index (χ0n) is 11.5. The molecule has 4 nitrogen and oxygen atoms in total. The van der Waals surface area contributed by atoms with Crippen molar-refractivity contribution in [1.82, 2.24) is 15.1 Å². The van der Waals surface area contributed by atoms with Crippen molar-refractivity contribution in [2.45, 2.75) is 44.7 Å². The third kappa shape index (κ3) is 2.15. The Morgan fingerprint density at radius 3 is 2.53 bits per heavy atom. The number of carbonyl (C=O) groups is 1. The van der Waals surface area contributed by atoms with Crippen molar-refractivity contribution in [2.75, 3.05) is 27.2 Å². The fraction of sp³-hybridized carbons (Fsp3) is 0.923. The Balaban J connectivity index is 2.07. The first kappa shape index (κ1) is 12.7. The summed E-state index contributed by atoms with van der Waals surface area (Å²) in [7, 11) is 3.90. The summed E-state index contributed by atoms with van der Waals surface area (Å²) < 4.78 is 0. The van der Waals surface area contributed by atoms with E-state index in [1.807, 2.05) is 23.9 Å². The van der Waals surface area contributed by atoms with Crippen LogP contribution in [0.1, 0.15) is 33.1 Å². The number of urea groups is 1. The zero-order chi connectivity index (χ0) is 12.6. The van der Waals surface area contributed by atoms with E-state index in [4.69, 9.17) is 0 Å². The predicted octanol–water partition coefficient (Wildman–Crippen LogP) is 1.52. The number of nitrogens with one attached hydrogen (secondary N) is 1. The Bertz CT molecular complexity index is 299. The van der Waals surface area contributed by atoms with Crippen LogP contribution in [0.4, 0.5) is 4.79 Å². The maximum atomic E-state index is 12.3. The molecular weight excluding hydrogens is 214 g/mol. The highest BCUT2D eigenvalue weighted by Crippen LogP contribution is 2.36. The summed E-state index contributed by atoms with van der Waals surface area (Å²) >= 11 is 0. The largest absolute Gasteiger partial charge is 0.323 e. The zero-order valence-corrected chi connectivity index (χ0v) is 11.5. The summed E-state index contributed by atoms with van der Waals surface area (Å²) in [6.45, 7) is 6.01. The maximum absolute atomic E-state index is 12.3. The van der Waals surface area contributed by atoms with E-state index in [0.29, 0.717) is 6.04 Å². The molecule has 1 atom stereocenters. The van der Waals surface area contributed by atoms with Gasteiger partial charge in [0.25, 0.3) is 0 Å². The number of likely N-dealkylation sites (N-methyl/N-ethyl adjacent to an activating group) is 2. The third-order valence-corrected chi connectivity index (χ3v) is 4.43. The van der Waals surface area contributed by atoms with Gasteiger partial charge in [0.2, 0.25) is 0 Å². The van der Waals surface area contributed by atoms with Crippen molar-refractivity contribution in [3.63, 3.8) is 0 Å². The van der Waals surface area contributed by atoms with E-state index < -0.39 is 0 Å². The molecule has 2 aliphatic rings. The Labute approximate surface area is 104 Å². The molecule has 2 fully saturated rings. The van der Waals surface area contributed by atoms with Gasteiger partial charge in [0.15, 0.2) is 0 Å². The smallest absolute Gasteiger partial charge is 0.320 e. The molecule has 1 saturated heterocycles. The van der Waals surface area contributed by atoms with Gasteiger partial charge >= 0.3 is 6.03 Å². The van der Waals surface area contributed by atoms with Crippen LogP contribution < -0.4 is 5.32 Å². The van der Waals surface area contributed by atoms with Crippen molar-refractivity contribution in [3.8, 4) is 0 Å². The highest BCUT2D eigenvalue weighted by Gasteiger charge is 2.45. The second-order valence-electron chi connectivity index (χ2n) is 6.11. The Hall–Kier alpha value is -0.770. The maximum Gasteiger partial charge on any atom is 0.320 e. The lowest BCUT2D eigenvalue weighted by molar-refractivity contribution is 0.149. The van der Waals surface area contributed by atoms with E-state index in [2.05, 4.69) is 19.2 Å². The molecule has 1 aliphatic heterocycles. The van der Waals surface area contributed by atoms with Gasteiger partial charge in [-0.2, -0.15) is 0 Å². The molecule has 17 heavy (non-hydrogen) atoms. The van der Waals surface area contributed by atoms with E-state index in [0.717, 1.165) is 19.0 Å². The van der Waals surface area contributed by atoms with Crippen molar-refractivity contribution in [2.24, 2.45) is 5.92 Å². The van der Waals surface area contributed by atoms with Crippen LogP contribution >= 0.6 is 0 Å². The highest BCUT2D eigenvalue weighted by molar-refractivity contribution is 5.77. The van der Waals surface area contributed by atoms with E-state index in [1.54, 1.807) is 0 Å². The van der Waals surface area contributed by atoms with Crippen LogP contribution in [0.3, 0.4) is 0 Å². The van der Waals surface area contributed by atoms with Gasteiger partial charge in [0.05, 0.1) is 11.6 Å². The molecule has 1 aliphatic carbocycles. The standard InChI is InChI=1S/C13H25N3O/c1-13(2,9-14-3)16-8-11(10-6-5-7-10)15(4)12(16)17/h10-11,14H,5-9H2,1-4H3. The van der Waals surface area contributed by atoms with E-state index in [9.17, 15) is 4.79 Å². The Morgan fingerprint density at radius 1 is 1.41 bits per heavy atom. The first-order valence-corrected chi connectivity index (χ1v) is 6.66. The molecule has 0 aromatic carbocycles. The van der Waals surface area contributed by atoms with Gasteiger partial charge in [-0.1, -0.05) is 6.42 Å². The molecule has 0 radical (unpaired) electrons. The van der Waals surface area contributed by atoms with Gasteiger partial charge in [0, 0.05) is 20.1 Å². The molecule has 98 valence electrons. The third-order valence-electron chi connectivity index (χ3n) is 4.43. The van der Waals surface area contributed by atoms with Gasteiger partial charge in [-0.15, -0.1) is 0 Å². The molecule has 1 unspecified atom stereocenters. The van der Waals surface area contributed by atoms with Crippen molar-refractivity contribution in [3.05, 3.63) is 0 Å². The molecule has 0 spiro atoms. The minimum absolute atomic E-state index is 0.0986. The summed E-state index contributed by atoms with van der Waals surface area (Å²) in [5.41, 5.74) is -0.0986. The van der Waals surface area contributed by atoms with Crippen LogP contribution in [-0.2, 0) is 0 Å². The fourth-order valence-electron chi connectivity index (χ4n) is 3.04. The van der Waals surface area contributed by atoms with Crippen LogP contribution in [0.15, 0.2) is 0 Å². The van der Waals surface area contributed by atoms with Crippen LogP contribution in [0, 0.1) is 5.92 Å². The average Bonchev–Trinajstić information content (AvgIpc) is 2.44. The van der Waals surface area contributed by atoms with E-state index in [1.165, 1.54) is 19.3 Å². The fourth-order valence-corrected chi connectivity index (χ4v) is 3.04. The second-order valence-corrected chi connectivity index (χ2v) is 6.11. The molecule has 4 heteroatoms. The van der Waals surface area contributed by atoms with Crippen molar-refractivity contribution < 1.29 is 4.79 Å². The van der Waals surface area contributed by atoms with Crippen LogP contribution in [0.5, 0.6) is 0 Å². The number of amides is 2. The molecule has 0 aromatic heterocycles. The summed E-state index contributed by atoms with van der Waals surface area (Å²) in [4.78, 5) is 16.3. The summed E-state index contributed by atoms with van der Waals surface area (Å²) in [6, 6.07) is 0.634. The normalized spacial score (nSPS) is 26.6. The minimum Gasteiger partial charge on any atom is -0.323 e. The quantitative estimate of drug-likeness (QED) is 0.807. The monoisotopic (exact) mass is 239 g/mol. The number of carbonyl (C=O) groups excluding carboxylic acids is 1. The van der Waals surface area contributed by atoms with Gasteiger partial charge in [0.1, 0.15) is 0 Å². The molecule has 1 heterocycles. The van der Waals surface area contributed by atoms with Crippen LogP contribution in [0.25, 0.3) is 0 Å². The highest BCUT2D eigenvalue weighted by atomic mass is 16.2. The molecule has 0 bridgehead atoms. The topological polar surface area (TPSA) is 35.6 Å². The SMILES string of the molecule is CNCC(C)(C)N1CC(C2CCC2)N(C)C1=O. The van der Waals surface area contributed by atoms with Gasteiger partial charge in [-0.05, 0) is 39.7 Å². The van der Waals surface area contributed by atoms with Crippen molar-refractivity contribution in [1.29, 1.82) is 0 Å². The first-order chi connectivity index (χ1) is 7.97. The van der Waals surface area contributed by atoms with E-state index in [-0.39, 0.29) is 11.6 Å². The summed E-state index contributed by atoms with van der Waals surface area (Å²) in [5, 5.41) is 3.18. The van der Waals surface area contributed by atoms with E-state index >= 15 is 0 Å². The number of nitrogens with zero attached hydrogens (tertiary/aromatic N) is 2. The number of hydrogen-bond donors (Lipinski definition) is 1.